The SMILES string of the molecule is COc1ccccc1CCNC(=S)NC1CCCCC1. The summed E-state index contributed by atoms with van der Waals surface area (Å²) in [4.78, 5) is 0. The maximum Gasteiger partial charge on any atom is 0.166 e. The molecule has 1 aliphatic carbocycles. The van der Waals surface area contributed by atoms with E-state index in [-0.39, 0.29) is 0 Å². The van der Waals surface area contributed by atoms with Gasteiger partial charge in [-0.3, -0.25) is 0 Å². The molecule has 0 spiro atoms. The van der Waals surface area contributed by atoms with Crippen molar-refractivity contribution in [1.29, 1.82) is 0 Å². The summed E-state index contributed by atoms with van der Waals surface area (Å²) in [5.74, 6) is 0.945. The van der Waals surface area contributed by atoms with E-state index in [9.17, 15) is 0 Å². The average molecular weight is 292 g/mol. The number of benzene rings is 1. The molecule has 1 aliphatic rings. The van der Waals surface area contributed by atoms with Gasteiger partial charge in [-0.2, -0.15) is 0 Å². The molecule has 3 nitrogen and oxygen atoms in total. The van der Waals surface area contributed by atoms with Crippen molar-refractivity contribution in [1.82, 2.24) is 10.6 Å². The molecular weight excluding hydrogens is 268 g/mol. The highest BCUT2D eigenvalue weighted by molar-refractivity contribution is 7.80. The fraction of sp³-hybridized carbons (Fsp3) is 0.562. The van der Waals surface area contributed by atoms with Crippen LogP contribution in [0, 0.1) is 0 Å². The number of para-hydroxylation sites is 1. The highest BCUT2D eigenvalue weighted by atomic mass is 32.1. The normalized spacial score (nSPS) is 15.7. The second-order valence-corrected chi connectivity index (χ2v) is 5.71. The predicted molar refractivity (Wildman–Crippen MR) is 87.3 cm³/mol. The van der Waals surface area contributed by atoms with Gasteiger partial charge in [-0.25, -0.2) is 0 Å². The third-order valence-electron chi connectivity index (χ3n) is 3.81. The summed E-state index contributed by atoms with van der Waals surface area (Å²) in [5.41, 5.74) is 1.21. The summed E-state index contributed by atoms with van der Waals surface area (Å²) in [5, 5.41) is 7.50. The van der Waals surface area contributed by atoms with Crippen molar-refractivity contribution in [2.24, 2.45) is 0 Å². The van der Waals surface area contributed by atoms with Gasteiger partial charge in [-0.15, -0.1) is 0 Å². The lowest BCUT2D eigenvalue weighted by Gasteiger charge is -2.24. The van der Waals surface area contributed by atoms with Gasteiger partial charge < -0.3 is 15.4 Å². The van der Waals surface area contributed by atoms with Crippen molar-refractivity contribution in [3.63, 3.8) is 0 Å². The Morgan fingerprint density at radius 1 is 1.25 bits per heavy atom. The van der Waals surface area contributed by atoms with Gasteiger partial charge in [0.25, 0.3) is 0 Å². The zero-order valence-corrected chi connectivity index (χ0v) is 13.0. The van der Waals surface area contributed by atoms with Crippen molar-refractivity contribution < 1.29 is 4.74 Å². The van der Waals surface area contributed by atoms with Crippen molar-refractivity contribution >= 4 is 17.3 Å². The Labute approximate surface area is 127 Å². The lowest BCUT2D eigenvalue weighted by atomic mass is 9.96. The fourth-order valence-electron chi connectivity index (χ4n) is 2.70. The van der Waals surface area contributed by atoms with Crippen LogP contribution in [0.3, 0.4) is 0 Å². The van der Waals surface area contributed by atoms with Crippen LogP contribution in [0.4, 0.5) is 0 Å². The van der Waals surface area contributed by atoms with Gasteiger partial charge in [-0.05, 0) is 43.1 Å². The number of hydrogen-bond acceptors (Lipinski definition) is 2. The van der Waals surface area contributed by atoms with Crippen LogP contribution >= 0.6 is 12.2 Å². The molecule has 0 heterocycles. The molecule has 1 fully saturated rings. The molecule has 1 saturated carbocycles. The van der Waals surface area contributed by atoms with Crippen LogP contribution < -0.4 is 15.4 Å². The fourth-order valence-corrected chi connectivity index (χ4v) is 2.97. The Morgan fingerprint density at radius 2 is 2.00 bits per heavy atom. The summed E-state index contributed by atoms with van der Waals surface area (Å²) in [6.07, 6.45) is 7.41. The molecule has 4 heteroatoms. The third kappa shape index (κ3) is 4.67. The molecule has 0 bridgehead atoms. The highest BCUT2D eigenvalue weighted by Gasteiger charge is 2.13. The summed E-state index contributed by atoms with van der Waals surface area (Å²) in [6.45, 7) is 0.832. The lowest BCUT2D eigenvalue weighted by molar-refractivity contribution is 0.408. The Bertz CT molecular complexity index is 430. The van der Waals surface area contributed by atoms with Gasteiger partial charge in [0.1, 0.15) is 5.75 Å². The van der Waals surface area contributed by atoms with Crippen molar-refractivity contribution in [3.8, 4) is 5.75 Å². The van der Waals surface area contributed by atoms with E-state index in [1.165, 1.54) is 37.7 Å². The molecule has 0 unspecified atom stereocenters. The molecule has 0 saturated heterocycles. The standard InChI is InChI=1S/C16H24N2OS/c1-19-15-10-6-5-7-13(15)11-12-17-16(20)18-14-8-3-2-4-9-14/h5-7,10,14H,2-4,8-9,11-12H2,1H3,(H2,17,18,20). The first-order valence-corrected chi connectivity index (χ1v) is 7.86. The molecule has 0 aliphatic heterocycles. The number of thiocarbonyl (C=S) groups is 1. The van der Waals surface area contributed by atoms with Crippen LogP contribution in [0.25, 0.3) is 0 Å². The van der Waals surface area contributed by atoms with E-state index >= 15 is 0 Å². The molecule has 110 valence electrons. The number of hydrogen-bond donors (Lipinski definition) is 2. The zero-order chi connectivity index (χ0) is 14.2. The van der Waals surface area contributed by atoms with E-state index < -0.39 is 0 Å². The average Bonchev–Trinajstić information content (AvgIpc) is 2.49. The van der Waals surface area contributed by atoms with Crippen molar-refractivity contribution in [2.75, 3.05) is 13.7 Å². The first-order chi connectivity index (χ1) is 9.79. The summed E-state index contributed by atoms with van der Waals surface area (Å²) in [6, 6.07) is 8.68. The van der Waals surface area contributed by atoms with Gasteiger partial charge in [0.15, 0.2) is 5.11 Å². The van der Waals surface area contributed by atoms with E-state index in [1.54, 1.807) is 7.11 Å². The second-order valence-electron chi connectivity index (χ2n) is 5.30. The van der Waals surface area contributed by atoms with Gasteiger partial charge in [-0.1, -0.05) is 37.5 Å². The molecule has 0 atom stereocenters. The first-order valence-electron chi connectivity index (χ1n) is 7.46. The number of methoxy groups -OCH3 is 1. The minimum atomic E-state index is 0.565. The Hall–Kier alpha value is -1.29. The van der Waals surface area contributed by atoms with E-state index in [4.69, 9.17) is 17.0 Å². The van der Waals surface area contributed by atoms with E-state index in [0.717, 1.165) is 23.8 Å². The van der Waals surface area contributed by atoms with Crippen molar-refractivity contribution in [3.05, 3.63) is 29.8 Å². The van der Waals surface area contributed by atoms with Crippen LogP contribution in [0.2, 0.25) is 0 Å². The maximum atomic E-state index is 5.36. The van der Waals surface area contributed by atoms with Crippen LogP contribution in [0.15, 0.2) is 24.3 Å². The van der Waals surface area contributed by atoms with E-state index in [1.807, 2.05) is 18.2 Å². The molecule has 1 aromatic carbocycles. The number of rotatable bonds is 5. The molecule has 0 radical (unpaired) electrons. The first kappa shape index (κ1) is 15.1. The molecule has 1 aromatic rings. The summed E-state index contributed by atoms with van der Waals surface area (Å²) >= 11 is 5.36. The van der Waals surface area contributed by atoms with Gasteiger partial charge in [0.05, 0.1) is 7.11 Å². The molecule has 20 heavy (non-hydrogen) atoms. The number of ether oxygens (including phenoxy) is 1. The van der Waals surface area contributed by atoms with Crippen molar-refractivity contribution in [2.45, 2.75) is 44.6 Å². The van der Waals surface area contributed by atoms with E-state index in [0.29, 0.717) is 6.04 Å². The maximum absolute atomic E-state index is 5.36. The predicted octanol–water partition coefficient (Wildman–Crippen LogP) is 3.03. The monoisotopic (exact) mass is 292 g/mol. The number of nitrogens with one attached hydrogen (secondary N) is 2. The topological polar surface area (TPSA) is 33.3 Å². The largest absolute Gasteiger partial charge is 0.496 e. The molecule has 0 aromatic heterocycles. The lowest BCUT2D eigenvalue weighted by Crippen LogP contribution is -2.43. The van der Waals surface area contributed by atoms with Gasteiger partial charge in [0.2, 0.25) is 0 Å². The van der Waals surface area contributed by atoms with Gasteiger partial charge in [0, 0.05) is 12.6 Å². The van der Waals surface area contributed by atoms with Crippen LogP contribution in [0.1, 0.15) is 37.7 Å². The minimum absolute atomic E-state index is 0.565. The Balaban J connectivity index is 1.70. The minimum Gasteiger partial charge on any atom is -0.496 e. The van der Waals surface area contributed by atoms with Crippen LogP contribution in [-0.2, 0) is 6.42 Å². The quantitative estimate of drug-likeness (QED) is 0.817. The summed E-state index contributed by atoms with van der Waals surface area (Å²) < 4.78 is 5.35. The third-order valence-corrected chi connectivity index (χ3v) is 4.07. The second kappa shape index (κ2) is 8.10. The highest BCUT2D eigenvalue weighted by Crippen LogP contribution is 2.18. The smallest absolute Gasteiger partial charge is 0.166 e. The van der Waals surface area contributed by atoms with Crippen LogP contribution in [-0.4, -0.2) is 24.8 Å². The molecule has 2 rings (SSSR count). The molecule has 0 amide bonds. The Morgan fingerprint density at radius 3 is 2.75 bits per heavy atom. The van der Waals surface area contributed by atoms with Gasteiger partial charge >= 0.3 is 0 Å². The Kier molecular flexibility index (Phi) is 6.12. The zero-order valence-electron chi connectivity index (χ0n) is 12.2. The summed E-state index contributed by atoms with van der Waals surface area (Å²) in [7, 11) is 1.71. The molecule has 2 N–H and O–H groups in total. The molecular formula is C16H24N2OS. The van der Waals surface area contributed by atoms with E-state index in [2.05, 4.69) is 16.7 Å². The van der Waals surface area contributed by atoms with Crippen LogP contribution in [0.5, 0.6) is 5.75 Å².